The average Bonchev–Trinajstić information content (AvgIpc) is 3.05. The summed E-state index contributed by atoms with van der Waals surface area (Å²) >= 11 is 0. The number of rotatable bonds is 3. The van der Waals surface area contributed by atoms with E-state index in [4.69, 9.17) is 9.97 Å². The van der Waals surface area contributed by atoms with E-state index in [0.29, 0.717) is 29.1 Å². The second-order valence-corrected chi connectivity index (χ2v) is 6.43. The molecule has 5 nitrogen and oxygen atoms in total. The molecule has 0 amide bonds. The second kappa shape index (κ2) is 6.27. The molecule has 0 radical (unpaired) electrons. The van der Waals surface area contributed by atoms with Gasteiger partial charge in [-0.15, -0.1) is 0 Å². The highest BCUT2D eigenvalue weighted by Gasteiger charge is 2.26. The predicted octanol–water partition coefficient (Wildman–Crippen LogP) is 3.30. The summed E-state index contributed by atoms with van der Waals surface area (Å²) < 4.78 is 13.3. The van der Waals surface area contributed by atoms with Gasteiger partial charge in [0, 0.05) is 30.6 Å². The lowest BCUT2D eigenvalue weighted by Gasteiger charge is -2.29. The quantitative estimate of drug-likeness (QED) is 0.929. The number of carboxylic acids is 1. The Balaban J connectivity index is 1.82. The van der Waals surface area contributed by atoms with Crippen LogP contribution in [-0.4, -0.2) is 34.1 Å². The Bertz CT molecular complexity index is 856. The highest BCUT2D eigenvalue weighted by molar-refractivity contribution is 5.95. The molecule has 1 aliphatic heterocycles. The van der Waals surface area contributed by atoms with E-state index in [1.807, 2.05) is 0 Å². The predicted molar refractivity (Wildman–Crippen MR) is 92.8 cm³/mol. The van der Waals surface area contributed by atoms with E-state index in [0.717, 1.165) is 37.3 Å². The molecule has 1 fully saturated rings. The van der Waals surface area contributed by atoms with Gasteiger partial charge >= 0.3 is 5.97 Å². The number of hydrogen-bond acceptors (Lipinski definition) is 4. The van der Waals surface area contributed by atoms with Gasteiger partial charge in [0.1, 0.15) is 11.5 Å². The summed E-state index contributed by atoms with van der Waals surface area (Å²) in [7, 11) is 0. The van der Waals surface area contributed by atoms with E-state index in [2.05, 4.69) is 4.90 Å². The minimum Gasteiger partial charge on any atom is -0.478 e. The Hall–Kier alpha value is -2.76. The Kier molecular flexibility index (Phi) is 3.95. The molecule has 1 aromatic carbocycles. The molecule has 0 bridgehead atoms. The van der Waals surface area contributed by atoms with Gasteiger partial charge in [0.15, 0.2) is 5.82 Å². The number of aliphatic carboxylic acids is 1. The van der Waals surface area contributed by atoms with E-state index >= 15 is 0 Å². The normalized spacial score (nSPS) is 16.5. The van der Waals surface area contributed by atoms with Crippen LogP contribution >= 0.6 is 0 Å². The van der Waals surface area contributed by atoms with E-state index in [1.54, 1.807) is 18.2 Å². The third-order valence-electron chi connectivity index (χ3n) is 4.70. The molecular weight excluding hydrogens is 321 g/mol. The summed E-state index contributed by atoms with van der Waals surface area (Å²) in [6, 6.07) is 6.19. The molecule has 6 heteroatoms. The number of anilines is 1. The fourth-order valence-electron chi connectivity index (χ4n) is 3.38. The minimum atomic E-state index is -0.942. The van der Waals surface area contributed by atoms with Crippen LogP contribution < -0.4 is 4.90 Å². The van der Waals surface area contributed by atoms with Crippen molar-refractivity contribution < 1.29 is 14.3 Å². The zero-order valence-corrected chi connectivity index (χ0v) is 13.7. The molecule has 25 heavy (non-hydrogen) atoms. The monoisotopic (exact) mass is 339 g/mol. The van der Waals surface area contributed by atoms with Gasteiger partial charge in [-0.3, -0.25) is 0 Å². The average molecular weight is 339 g/mol. The number of aromatic nitrogens is 2. The smallest absolute Gasteiger partial charge is 0.332 e. The number of benzene rings is 1. The van der Waals surface area contributed by atoms with Crippen LogP contribution in [0.25, 0.3) is 17.3 Å². The Labute approximate surface area is 144 Å². The highest BCUT2D eigenvalue weighted by atomic mass is 19.1. The molecule has 1 saturated heterocycles. The molecule has 2 heterocycles. The molecule has 0 atom stereocenters. The van der Waals surface area contributed by atoms with Crippen molar-refractivity contribution in [1.82, 2.24) is 9.97 Å². The van der Waals surface area contributed by atoms with E-state index in [-0.39, 0.29) is 5.82 Å². The number of carbonyl (C=O) groups is 1. The fourth-order valence-corrected chi connectivity index (χ4v) is 3.38. The molecule has 4 rings (SSSR count). The zero-order chi connectivity index (χ0) is 17.4. The maximum Gasteiger partial charge on any atom is 0.332 e. The van der Waals surface area contributed by atoms with Crippen molar-refractivity contribution in [2.24, 2.45) is 0 Å². The molecule has 0 spiro atoms. The largest absolute Gasteiger partial charge is 0.478 e. The van der Waals surface area contributed by atoms with Crippen LogP contribution in [-0.2, 0) is 11.2 Å². The lowest BCUT2D eigenvalue weighted by molar-refractivity contribution is -0.132. The number of piperidine rings is 1. The van der Waals surface area contributed by atoms with Crippen LogP contribution in [0.2, 0.25) is 0 Å². The van der Waals surface area contributed by atoms with Gasteiger partial charge in [-0.2, -0.15) is 0 Å². The van der Waals surface area contributed by atoms with Crippen molar-refractivity contribution in [3.8, 4) is 11.3 Å². The minimum absolute atomic E-state index is 0.294. The highest BCUT2D eigenvalue weighted by Crippen LogP contribution is 2.33. The Morgan fingerprint density at radius 3 is 2.48 bits per heavy atom. The van der Waals surface area contributed by atoms with Gasteiger partial charge in [-0.25, -0.2) is 19.2 Å². The standard InChI is InChI=1S/C19H18FN3O2/c20-14-6-4-12(5-7-14)17-18(23-8-2-1-3-9-23)22-16-11-13(19(24)25)10-15(16)21-17/h4-7,10H,1-3,8-9,11H2,(H,24,25). The van der Waals surface area contributed by atoms with Crippen LogP contribution in [0.5, 0.6) is 0 Å². The lowest BCUT2D eigenvalue weighted by atomic mass is 10.1. The first kappa shape index (κ1) is 15.7. The molecule has 0 saturated carbocycles. The van der Waals surface area contributed by atoms with Crippen LogP contribution in [0.4, 0.5) is 10.2 Å². The number of nitrogens with zero attached hydrogens (tertiary/aromatic N) is 3. The molecule has 1 N–H and O–H groups in total. The van der Waals surface area contributed by atoms with Crippen LogP contribution in [0.15, 0.2) is 29.8 Å². The maximum absolute atomic E-state index is 13.3. The lowest BCUT2D eigenvalue weighted by Crippen LogP contribution is -2.31. The number of halogens is 1. The number of carboxylic acid groups (broad SMARTS) is 1. The van der Waals surface area contributed by atoms with E-state index in [9.17, 15) is 14.3 Å². The SMILES string of the molecule is O=C(O)C1=Cc2nc(-c3ccc(F)cc3)c(N3CCCCC3)nc2C1. The van der Waals surface area contributed by atoms with Crippen molar-refractivity contribution in [1.29, 1.82) is 0 Å². The maximum atomic E-state index is 13.3. The van der Waals surface area contributed by atoms with Crippen molar-refractivity contribution in [3.63, 3.8) is 0 Å². The van der Waals surface area contributed by atoms with Crippen LogP contribution in [0, 0.1) is 5.82 Å². The van der Waals surface area contributed by atoms with Crippen molar-refractivity contribution in [2.45, 2.75) is 25.7 Å². The van der Waals surface area contributed by atoms with Gasteiger partial charge in [0.05, 0.1) is 11.4 Å². The Morgan fingerprint density at radius 2 is 1.80 bits per heavy atom. The first-order valence-electron chi connectivity index (χ1n) is 8.47. The summed E-state index contributed by atoms with van der Waals surface area (Å²) in [6.07, 6.45) is 5.27. The summed E-state index contributed by atoms with van der Waals surface area (Å²) in [5, 5.41) is 9.24. The molecular formula is C19H18FN3O2. The van der Waals surface area contributed by atoms with Crippen molar-refractivity contribution in [2.75, 3.05) is 18.0 Å². The number of hydrogen-bond donors (Lipinski definition) is 1. The van der Waals surface area contributed by atoms with Gasteiger partial charge in [0.2, 0.25) is 0 Å². The molecule has 1 aromatic heterocycles. The third kappa shape index (κ3) is 2.99. The molecule has 2 aliphatic rings. The van der Waals surface area contributed by atoms with Crippen LogP contribution in [0.3, 0.4) is 0 Å². The molecule has 0 unspecified atom stereocenters. The van der Waals surface area contributed by atoms with Crippen LogP contribution in [0.1, 0.15) is 30.7 Å². The van der Waals surface area contributed by atoms with Gasteiger partial charge in [0.25, 0.3) is 0 Å². The Morgan fingerprint density at radius 1 is 1.08 bits per heavy atom. The second-order valence-electron chi connectivity index (χ2n) is 6.43. The summed E-state index contributed by atoms with van der Waals surface area (Å²) in [5.74, 6) is -0.474. The van der Waals surface area contributed by atoms with E-state index in [1.165, 1.54) is 18.6 Å². The fraction of sp³-hybridized carbons (Fsp3) is 0.316. The summed E-state index contributed by atoms with van der Waals surface area (Å²) in [6.45, 7) is 1.81. The molecule has 128 valence electrons. The van der Waals surface area contributed by atoms with Gasteiger partial charge in [-0.1, -0.05) is 0 Å². The number of fused-ring (bicyclic) bond motifs is 1. The van der Waals surface area contributed by atoms with Crippen molar-refractivity contribution >= 4 is 17.9 Å². The summed E-state index contributed by atoms with van der Waals surface area (Å²) in [5.41, 5.74) is 3.06. The zero-order valence-electron chi connectivity index (χ0n) is 13.7. The van der Waals surface area contributed by atoms with Crippen molar-refractivity contribution in [3.05, 3.63) is 47.0 Å². The van der Waals surface area contributed by atoms with Gasteiger partial charge in [-0.05, 0) is 49.6 Å². The topological polar surface area (TPSA) is 66.3 Å². The van der Waals surface area contributed by atoms with E-state index < -0.39 is 5.97 Å². The first-order chi connectivity index (χ1) is 12.1. The third-order valence-corrected chi connectivity index (χ3v) is 4.70. The molecule has 1 aliphatic carbocycles. The van der Waals surface area contributed by atoms with Gasteiger partial charge < -0.3 is 10.0 Å². The molecule has 2 aromatic rings. The summed E-state index contributed by atoms with van der Waals surface area (Å²) in [4.78, 5) is 22.9. The first-order valence-corrected chi connectivity index (χ1v) is 8.47.